The van der Waals surface area contributed by atoms with Gasteiger partial charge in [0.15, 0.2) is 5.78 Å². The summed E-state index contributed by atoms with van der Waals surface area (Å²) in [6.07, 6.45) is 3.00. The zero-order valence-corrected chi connectivity index (χ0v) is 33.5. The molecule has 1 saturated heterocycles. The molecule has 3 aliphatic carbocycles. The number of esters is 1. The average Bonchev–Trinajstić information content (AvgIpc) is 3.94. The predicted molar refractivity (Wildman–Crippen MR) is 202 cm³/mol. The number of amides is 1. The lowest BCUT2D eigenvalue weighted by atomic mass is 9.77. The summed E-state index contributed by atoms with van der Waals surface area (Å²) in [5.41, 5.74) is -1.43. The molecule has 2 aromatic rings. The standard InChI is InChI=1S/C41H55ClN2O11/c1-7-25-20-41(25,39(48)49)21-31(45)30-17-27(22-44(30)38(47)29(40(2,3)4)18-35(46)55-26-15-23-14-24(23)16-26)54-33-19-34(53-13-11-51-6)43-37-28(33)8-9-32(36(37)42)52-12-10-50-5/h8-9,19,23-27,29-30H,7,10-18,20-22H2,1-6H3,(H,48,49)/t23-,24+,25-,26?,27-,29-,30+,41-/m1/s1. The number of aromatic nitrogens is 1. The third kappa shape index (κ3) is 9.15. The number of nitrogens with zero attached hydrogens (tertiary/aromatic N) is 2. The topological polar surface area (TPSA) is 160 Å². The Labute approximate surface area is 327 Å². The van der Waals surface area contributed by atoms with Gasteiger partial charge in [-0.15, -0.1) is 0 Å². The highest BCUT2D eigenvalue weighted by Gasteiger charge is 2.61. The lowest BCUT2D eigenvalue weighted by Gasteiger charge is -2.35. The number of carboxylic acid groups (broad SMARTS) is 1. The van der Waals surface area contributed by atoms with Crippen molar-refractivity contribution in [3.8, 4) is 17.4 Å². The summed E-state index contributed by atoms with van der Waals surface area (Å²) in [4.78, 5) is 60.9. The molecule has 1 amide bonds. The van der Waals surface area contributed by atoms with Gasteiger partial charge >= 0.3 is 11.9 Å². The van der Waals surface area contributed by atoms with Crippen molar-refractivity contribution in [2.45, 2.75) is 97.3 Å². The number of likely N-dealkylation sites (tertiary alicyclic amines) is 1. The Morgan fingerprint density at radius 3 is 2.27 bits per heavy atom. The van der Waals surface area contributed by atoms with E-state index in [1.807, 2.05) is 27.7 Å². The lowest BCUT2D eigenvalue weighted by Crippen LogP contribution is -2.48. The van der Waals surface area contributed by atoms with E-state index in [0.717, 1.165) is 12.8 Å². The third-order valence-electron chi connectivity index (χ3n) is 12.0. The quantitative estimate of drug-likeness (QED) is 0.128. The third-order valence-corrected chi connectivity index (χ3v) is 12.3. The first-order valence-corrected chi connectivity index (χ1v) is 19.9. The van der Waals surface area contributed by atoms with Crippen LogP contribution in [0, 0.1) is 34.5 Å². The van der Waals surface area contributed by atoms with E-state index in [2.05, 4.69) is 4.98 Å². The largest absolute Gasteiger partial charge is 0.490 e. The molecular weight excluding hydrogens is 732 g/mol. The molecule has 13 nitrogen and oxygen atoms in total. The predicted octanol–water partition coefficient (Wildman–Crippen LogP) is 6.14. The van der Waals surface area contributed by atoms with E-state index >= 15 is 0 Å². The van der Waals surface area contributed by atoms with Crippen LogP contribution in [0.4, 0.5) is 0 Å². The average molecular weight is 787 g/mol. The van der Waals surface area contributed by atoms with Gasteiger partial charge in [-0.05, 0) is 61.0 Å². The van der Waals surface area contributed by atoms with E-state index in [-0.39, 0.29) is 73.6 Å². The van der Waals surface area contributed by atoms with Gasteiger partial charge in [0.05, 0.1) is 43.6 Å². The molecule has 0 radical (unpaired) electrons. The molecule has 55 heavy (non-hydrogen) atoms. The molecule has 14 heteroatoms. The number of ketones is 1. The Morgan fingerprint density at radius 1 is 0.964 bits per heavy atom. The van der Waals surface area contributed by atoms with Gasteiger partial charge < -0.3 is 38.4 Å². The molecule has 0 bridgehead atoms. The number of fused-ring (bicyclic) bond motifs is 2. The van der Waals surface area contributed by atoms with Crippen molar-refractivity contribution in [2.24, 2.45) is 34.5 Å². The van der Waals surface area contributed by atoms with Crippen molar-refractivity contribution in [2.75, 3.05) is 47.2 Å². The van der Waals surface area contributed by atoms with E-state index < -0.39 is 40.8 Å². The van der Waals surface area contributed by atoms with Crippen LogP contribution in [0.5, 0.6) is 17.4 Å². The molecule has 1 aromatic carbocycles. The highest BCUT2D eigenvalue weighted by Crippen LogP contribution is 2.58. The van der Waals surface area contributed by atoms with Crippen molar-refractivity contribution in [1.82, 2.24) is 9.88 Å². The number of ether oxygens (including phenoxy) is 6. The van der Waals surface area contributed by atoms with E-state index in [9.17, 15) is 24.3 Å². The molecule has 1 aliphatic heterocycles. The minimum absolute atomic E-state index is 0.0375. The van der Waals surface area contributed by atoms with Gasteiger partial charge in [-0.2, -0.15) is 0 Å². The highest BCUT2D eigenvalue weighted by atomic mass is 35.5. The first-order valence-electron chi connectivity index (χ1n) is 19.5. The molecule has 1 unspecified atom stereocenters. The van der Waals surface area contributed by atoms with Crippen LogP contribution in [-0.4, -0.2) is 104 Å². The monoisotopic (exact) mass is 786 g/mol. The Morgan fingerprint density at radius 2 is 1.65 bits per heavy atom. The summed E-state index contributed by atoms with van der Waals surface area (Å²) in [5.74, 6) is -0.750. The molecule has 4 fully saturated rings. The fraction of sp³-hybridized carbons (Fsp3) is 0.683. The fourth-order valence-electron chi connectivity index (χ4n) is 8.56. The second-order valence-electron chi connectivity index (χ2n) is 16.8. The second kappa shape index (κ2) is 16.8. The van der Waals surface area contributed by atoms with Crippen molar-refractivity contribution in [1.29, 1.82) is 0 Å². The van der Waals surface area contributed by atoms with Crippen LogP contribution in [0.2, 0.25) is 5.02 Å². The number of aliphatic carboxylic acids is 1. The summed E-state index contributed by atoms with van der Waals surface area (Å²) >= 11 is 6.82. The molecule has 8 atom stereocenters. The number of benzene rings is 1. The number of hydrogen-bond donors (Lipinski definition) is 1. The number of carboxylic acids is 1. The Bertz CT molecular complexity index is 1750. The first kappa shape index (κ1) is 41.0. The van der Waals surface area contributed by atoms with Crippen molar-refractivity contribution in [3.63, 3.8) is 0 Å². The maximum Gasteiger partial charge on any atom is 0.310 e. The van der Waals surface area contributed by atoms with E-state index in [0.29, 0.717) is 60.3 Å². The number of pyridine rings is 1. The molecule has 3 saturated carbocycles. The van der Waals surface area contributed by atoms with E-state index in [1.54, 1.807) is 32.4 Å². The van der Waals surface area contributed by atoms with Crippen molar-refractivity contribution < 1.29 is 52.7 Å². The maximum atomic E-state index is 14.7. The van der Waals surface area contributed by atoms with E-state index in [4.69, 9.17) is 40.0 Å². The minimum atomic E-state index is -1.15. The Balaban J connectivity index is 1.29. The summed E-state index contributed by atoms with van der Waals surface area (Å²) < 4.78 is 34.5. The number of halogens is 1. The lowest BCUT2D eigenvalue weighted by molar-refractivity contribution is -0.157. The smallest absolute Gasteiger partial charge is 0.310 e. The van der Waals surface area contributed by atoms with Crippen LogP contribution in [0.1, 0.15) is 79.1 Å². The molecule has 1 N–H and O–H groups in total. The maximum absolute atomic E-state index is 14.7. The van der Waals surface area contributed by atoms with Gasteiger partial charge in [0, 0.05) is 38.5 Å². The molecule has 6 rings (SSSR count). The van der Waals surface area contributed by atoms with Crippen molar-refractivity contribution in [3.05, 3.63) is 23.2 Å². The van der Waals surface area contributed by atoms with Gasteiger partial charge in [-0.3, -0.25) is 19.2 Å². The summed E-state index contributed by atoms with van der Waals surface area (Å²) in [5, 5.41) is 11.0. The molecular formula is C41H55ClN2O11. The van der Waals surface area contributed by atoms with Gasteiger partial charge in [0.2, 0.25) is 11.8 Å². The van der Waals surface area contributed by atoms with Gasteiger partial charge in [0.1, 0.15) is 47.5 Å². The van der Waals surface area contributed by atoms with Crippen LogP contribution in [0.25, 0.3) is 10.9 Å². The second-order valence-corrected chi connectivity index (χ2v) is 17.2. The highest BCUT2D eigenvalue weighted by molar-refractivity contribution is 6.36. The normalized spacial score (nSPS) is 27.4. The molecule has 4 aliphatic rings. The van der Waals surface area contributed by atoms with Crippen LogP contribution in [0.15, 0.2) is 18.2 Å². The van der Waals surface area contributed by atoms with Crippen LogP contribution in [0.3, 0.4) is 0 Å². The number of rotatable bonds is 19. The zero-order valence-electron chi connectivity index (χ0n) is 32.8. The van der Waals surface area contributed by atoms with Gasteiger partial charge in [-0.25, -0.2) is 4.98 Å². The summed E-state index contributed by atoms with van der Waals surface area (Å²) in [6, 6.07) is 4.17. The van der Waals surface area contributed by atoms with Crippen molar-refractivity contribution >= 4 is 46.1 Å². The summed E-state index contributed by atoms with van der Waals surface area (Å²) in [6.45, 7) is 8.81. The van der Waals surface area contributed by atoms with Crippen LogP contribution < -0.4 is 14.2 Å². The zero-order chi connectivity index (χ0) is 39.7. The number of Topliss-reactive ketones (excluding diaryl/α,β-unsaturated/α-hetero) is 1. The Hall–Kier alpha value is -3.68. The van der Waals surface area contributed by atoms with E-state index in [1.165, 1.54) is 11.3 Å². The number of methoxy groups -OCH3 is 2. The molecule has 1 aromatic heterocycles. The van der Waals surface area contributed by atoms with Gasteiger partial charge in [-0.1, -0.05) is 45.7 Å². The summed E-state index contributed by atoms with van der Waals surface area (Å²) in [7, 11) is 3.13. The molecule has 0 spiro atoms. The van der Waals surface area contributed by atoms with Crippen LogP contribution >= 0.6 is 11.6 Å². The number of carbonyl (C=O) groups is 4. The first-order chi connectivity index (χ1) is 26.2. The molecule has 302 valence electrons. The SMILES string of the molecule is CC[C@@H]1C[C@]1(CC(=O)[C@@H]1C[C@@H](Oc2cc(OCCOC)nc3c(Cl)c(OCCOC)ccc23)CN1C(=O)[C@@H](CC(=O)OC1C[C@@H]2C[C@@H]2C1)C(C)(C)C)C(=O)O. The van der Waals surface area contributed by atoms with Crippen LogP contribution in [-0.2, 0) is 33.4 Å². The Kier molecular flexibility index (Phi) is 12.5. The number of hydrogen-bond acceptors (Lipinski definition) is 11. The minimum Gasteiger partial charge on any atom is -0.490 e. The molecule has 2 heterocycles. The van der Waals surface area contributed by atoms with Gasteiger partial charge in [0.25, 0.3) is 0 Å². The number of carbonyl (C=O) groups excluding carboxylic acids is 3. The fourth-order valence-corrected chi connectivity index (χ4v) is 8.83.